The van der Waals surface area contributed by atoms with E-state index in [1.807, 2.05) is 24.4 Å². The number of carboxylic acids is 1. The van der Waals surface area contributed by atoms with Gasteiger partial charge in [0.1, 0.15) is 0 Å². The van der Waals surface area contributed by atoms with Gasteiger partial charge in [0, 0.05) is 24.3 Å². The third-order valence-electron chi connectivity index (χ3n) is 3.53. The number of aromatic nitrogens is 1. The van der Waals surface area contributed by atoms with Crippen LogP contribution in [0.4, 0.5) is 0 Å². The van der Waals surface area contributed by atoms with Crippen LogP contribution in [-0.2, 0) is 10.2 Å². The van der Waals surface area contributed by atoms with E-state index in [9.17, 15) is 9.90 Å². The third-order valence-corrected chi connectivity index (χ3v) is 3.53. The van der Waals surface area contributed by atoms with Crippen molar-refractivity contribution >= 4 is 16.7 Å². The molecule has 1 atom stereocenters. The minimum Gasteiger partial charge on any atom is -0.481 e. The first-order valence-electron chi connectivity index (χ1n) is 6.65. The first kappa shape index (κ1) is 14.5. The minimum absolute atomic E-state index is 0.00586. The molecule has 0 aliphatic carbocycles. The molecule has 0 aliphatic rings. The molecule has 1 aromatic heterocycles. The van der Waals surface area contributed by atoms with E-state index in [0.717, 1.165) is 21.9 Å². The summed E-state index contributed by atoms with van der Waals surface area (Å²) in [6.07, 6.45) is 3.64. The molecule has 106 valence electrons. The number of nitrogens with zero attached hydrogens (tertiary/aromatic N) is 1. The van der Waals surface area contributed by atoms with Crippen LogP contribution in [0.3, 0.4) is 0 Å². The molecule has 1 unspecified atom stereocenters. The second-order valence-corrected chi connectivity index (χ2v) is 6.04. The van der Waals surface area contributed by atoms with E-state index in [1.165, 1.54) is 0 Å². The van der Waals surface area contributed by atoms with Gasteiger partial charge in [0.25, 0.3) is 0 Å². The number of fused-ring (bicyclic) bond motifs is 1. The molecule has 0 spiro atoms. The van der Waals surface area contributed by atoms with Crippen molar-refractivity contribution in [1.29, 1.82) is 0 Å². The predicted octanol–water partition coefficient (Wildman–Crippen LogP) is 2.66. The maximum absolute atomic E-state index is 11.2. The second-order valence-electron chi connectivity index (χ2n) is 6.04. The lowest BCUT2D eigenvalue weighted by Crippen LogP contribution is -2.21. The third kappa shape index (κ3) is 2.65. The Hall–Kier alpha value is -1.94. The highest BCUT2D eigenvalue weighted by atomic mass is 16.4. The van der Waals surface area contributed by atoms with E-state index in [-0.39, 0.29) is 12.0 Å². The molecule has 2 rings (SSSR count). The van der Waals surface area contributed by atoms with Crippen LogP contribution in [0.15, 0.2) is 30.6 Å². The number of pyridine rings is 1. The Morgan fingerprint density at radius 2 is 2.05 bits per heavy atom. The van der Waals surface area contributed by atoms with Crippen LogP contribution in [0, 0.1) is 0 Å². The zero-order valence-corrected chi connectivity index (χ0v) is 12.1. The summed E-state index contributed by atoms with van der Waals surface area (Å²) >= 11 is 0. The maximum Gasteiger partial charge on any atom is 0.312 e. The van der Waals surface area contributed by atoms with Crippen molar-refractivity contribution in [3.63, 3.8) is 0 Å². The van der Waals surface area contributed by atoms with Gasteiger partial charge in [0.05, 0.1) is 5.92 Å². The molecule has 0 amide bonds. The van der Waals surface area contributed by atoms with Crippen molar-refractivity contribution < 1.29 is 9.90 Å². The van der Waals surface area contributed by atoms with Gasteiger partial charge in [-0.15, -0.1) is 0 Å². The van der Waals surface area contributed by atoms with Crippen molar-refractivity contribution in [3.8, 4) is 0 Å². The molecule has 0 saturated carbocycles. The maximum atomic E-state index is 11.2. The van der Waals surface area contributed by atoms with Crippen molar-refractivity contribution in [2.24, 2.45) is 5.73 Å². The van der Waals surface area contributed by atoms with E-state index in [0.29, 0.717) is 0 Å². The minimum atomic E-state index is -0.896. The molecule has 2 aromatic rings. The van der Waals surface area contributed by atoms with Gasteiger partial charge in [-0.25, -0.2) is 0 Å². The Morgan fingerprint density at radius 1 is 1.35 bits per heavy atom. The zero-order valence-electron chi connectivity index (χ0n) is 12.1. The summed E-state index contributed by atoms with van der Waals surface area (Å²) in [6, 6.07) is 5.70. The highest BCUT2D eigenvalue weighted by Crippen LogP contribution is 2.30. The van der Waals surface area contributed by atoms with Crippen LogP contribution in [0.1, 0.15) is 37.8 Å². The van der Waals surface area contributed by atoms with E-state index >= 15 is 0 Å². The largest absolute Gasteiger partial charge is 0.481 e. The highest BCUT2D eigenvalue weighted by Gasteiger charge is 2.20. The van der Waals surface area contributed by atoms with Crippen LogP contribution >= 0.6 is 0 Å². The number of hydrogen-bond acceptors (Lipinski definition) is 3. The summed E-state index contributed by atoms with van der Waals surface area (Å²) < 4.78 is 0. The lowest BCUT2D eigenvalue weighted by molar-refractivity contribution is -0.138. The Bertz CT molecular complexity index is 644. The Labute approximate surface area is 118 Å². The molecule has 0 radical (unpaired) electrons. The summed E-state index contributed by atoms with van der Waals surface area (Å²) in [5.41, 5.74) is 7.42. The number of aliphatic carboxylic acids is 1. The van der Waals surface area contributed by atoms with Crippen LogP contribution < -0.4 is 5.73 Å². The Kier molecular flexibility index (Phi) is 3.77. The van der Waals surface area contributed by atoms with Crippen LogP contribution in [0.25, 0.3) is 10.8 Å². The van der Waals surface area contributed by atoms with Crippen molar-refractivity contribution in [1.82, 2.24) is 4.98 Å². The van der Waals surface area contributed by atoms with E-state index in [2.05, 4.69) is 25.8 Å². The van der Waals surface area contributed by atoms with Gasteiger partial charge in [-0.05, 0) is 28.0 Å². The molecule has 0 fully saturated rings. The molecule has 3 N–H and O–H groups in total. The molecule has 4 nitrogen and oxygen atoms in total. The quantitative estimate of drug-likeness (QED) is 0.900. The summed E-state index contributed by atoms with van der Waals surface area (Å²) in [6.45, 7) is 6.50. The van der Waals surface area contributed by atoms with Gasteiger partial charge in [-0.3, -0.25) is 9.78 Å². The first-order chi connectivity index (χ1) is 9.34. The van der Waals surface area contributed by atoms with Crippen LogP contribution in [0.5, 0.6) is 0 Å². The summed E-state index contributed by atoms with van der Waals surface area (Å²) in [5, 5.41) is 11.2. The number of hydrogen-bond donors (Lipinski definition) is 2. The molecular formula is C16H20N2O2. The smallest absolute Gasteiger partial charge is 0.312 e. The molecule has 20 heavy (non-hydrogen) atoms. The fourth-order valence-electron chi connectivity index (χ4n) is 2.39. The number of rotatable bonds is 3. The first-order valence-corrected chi connectivity index (χ1v) is 6.65. The van der Waals surface area contributed by atoms with Gasteiger partial charge in [0.2, 0.25) is 0 Å². The molecule has 4 heteroatoms. The monoisotopic (exact) mass is 272 g/mol. The van der Waals surface area contributed by atoms with E-state index in [1.54, 1.807) is 6.20 Å². The lowest BCUT2D eigenvalue weighted by Gasteiger charge is -2.21. The molecule has 0 aliphatic heterocycles. The Balaban J connectivity index is 2.60. The van der Waals surface area contributed by atoms with Gasteiger partial charge < -0.3 is 10.8 Å². The van der Waals surface area contributed by atoms with E-state index < -0.39 is 11.9 Å². The average molecular weight is 272 g/mol. The summed E-state index contributed by atoms with van der Waals surface area (Å²) in [5.74, 6) is -1.57. The van der Waals surface area contributed by atoms with Crippen molar-refractivity contribution in [2.75, 3.05) is 6.54 Å². The zero-order chi connectivity index (χ0) is 14.9. The fraction of sp³-hybridized carbons (Fsp3) is 0.375. The normalized spacial score (nSPS) is 13.4. The molecule has 0 bridgehead atoms. The lowest BCUT2D eigenvalue weighted by atomic mass is 9.84. The van der Waals surface area contributed by atoms with Crippen molar-refractivity contribution in [3.05, 3.63) is 41.7 Å². The molecule has 0 saturated heterocycles. The standard InChI is InChI=1S/C16H20N2O2/c1-16(2,3)14-9-18-8-11-6-10(4-5-12(11)14)13(7-17)15(19)20/h4-6,8-9,13H,7,17H2,1-3H3,(H,19,20). The van der Waals surface area contributed by atoms with Crippen molar-refractivity contribution in [2.45, 2.75) is 32.1 Å². The summed E-state index contributed by atoms with van der Waals surface area (Å²) in [4.78, 5) is 15.5. The highest BCUT2D eigenvalue weighted by molar-refractivity contribution is 5.88. The fourth-order valence-corrected chi connectivity index (χ4v) is 2.39. The van der Waals surface area contributed by atoms with Gasteiger partial charge in [-0.1, -0.05) is 32.9 Å². The van der Waals surface area contributed by atoms with Gasteiger partial charge >= 0.3 is 5.97 Å². The number of carbonyl (C=O) groups is 1. The number of carboxylic acid groups (broad SMARTS) is 1. The topological polar surface area (TPSA) is 76.2 Å². The van der Waals surface area contributed by atoms with Gasteiger partial charge in [-0.2, -0.15) is 0 Å². The number of nitrogens with two attached hydrogens (primary N) is 1. The van der Waals surface area contributed by atoms with Gasteiger partial charge in [0.15, 0.2) is 0 Å². The molecule has 1 aromatic carbocycles. The van der Waals surface area contributed by atoms with Crippen LogP contribution in [0.2, 0.25) is 0 Å². The second kappa shape index (κ2) is 5.21. The SMILES string of the molecule is CC(C)(C)c1cncc2cc(C(CN)C(=O)O)ccc12. The average Bonchev–Trinajstić information content (AvgIpc) is 2.37. The predicted molar refractivity (Wildman–Crippen MR) is 79.9 cm³/mol. The van der Waals surface area contributed by atoms with Crippen LogP contribution in [-0.4, -0.2) is 22.6 Å². The number of benzene rings is 1. The van der Waals surface area contributed by atoms with E-state index in [4.69, 9.17) is 5.73 Å². The summed E-state index contributed by atoms with van der Waals surface area (Å²) in [7, 11) is 0. The molecule has 1 heterocycles. The molecular weight excluding hydrogens is 252 g/mol. The Morgan fingerprint density at radius 3 is 2.60 bits per heavy atom.